The first-order chi connectivity index (χ1) is 7.34. The van der Waals surface area contributed by atoms with E-state index in [2.05, 4.69) is 57.5 Å². The monoisotopic (exact) mass is 316 g/mol. The van der Waals surface area contributed by atoms with Gasteiger partial charge in [-0.05, 0) is 79.2 Å². The Labute approximate surface area is 105 Å². The standard InChI is InChI=1S/C12H17IN2/c13-10-3-5-12(6-4-10)15-11-2-1-8-14-9-7-11/h3-6,11,14-15H,1-2,7-9H2. The van der Waals surface area contributed by atoms with Gasteiger partial charge >= 0.3 is 0 Å². The first kappa shape index (κ1) is 11.2. The molecular formula is C12H17IN2. The van der Waals surface area contributed by atoms with Crippen molar-refractivity contribution in [2.75, 3.05) is 18.4 Å². The first-order valence-electron chi connectivity index (χ1n) is 5.57. The van der Waals surface area contributed by atoms with Crippen LogP contribution < -0.4 is 10.6 Å². The van der Waals surface area contributed by atoms with Crippen LogP contribution in [0, 0.1) is 3.57 Å². The van der Waals surface area contributed by atoms with Crippen molar-refractivity contribution in [2.24, 2.45) is 0 Å². The lowest BCUT2D eigenvalue weighted by Crippen LogP contribution is -2.21. The van der Waals surface area contributed by atoms with Crippen molar-refractivity contribution in [3.8, 4) is 0 Å². The number of hydrogen-bond donors (Lipinski definition) is 2. The van der Waals surface area contributed by atoms with Gasteiger partial charge in [-0.2, -0.15) is 0 Å². The molecule has 2 rings (SSSR count). The van der Waals surface area contributed by atoms with E-state index in [1.807, 2.05) is 0 Å². The van der Waals surface area contributed by atoms with Crippen LogP contribution in [0.5, 0.6) is 0 Å². The summed E-state index contributed by atoms with van der Waals surface area (Å²) in [6.07, 6.45) is 3.78. The predicted octanol–water partition coefficient (Wildman–Crippen LogP) is 2.85. The van der Waals surface area contributed by atoms with Gasteiger partial charge in [0.25, 0.3) is 0 Å². The molecule has 0 spiro atoms. The molecule has 2 N–H and O–H groups in total. The lowest BCUT2D eigenvalue weighted by atomic mass is 10.1. The third kappa shape index (κ3) is 3.65. The number of hydrogen-bond acceptors (Lipinski definition) is 2. The highest BCUT2D eigenvalue weighted by atomic mass is 127. The zero-order valence-corrected chi connectivity index (χ0v) is 11.0. The molecule has 82 valence electrons. The van der Waals surface area contributed by atoms with Crippen LogP contribution in [0.1, 0.15) is 19.3 Å². The van der Waals surface area contributed by atoms with E-state index in [1.54, 1.807) is 0 Å². The zero-order chi connectivity index (χ0) is 10.5. The molecule has 1 heterocycles. The van der Waals surface area contributed by atoms with Crippen LogP contribution in [0.15, 0.2) is 24.3 Å². The quantitative estimate of drug-likeness (QED) is 0.820. The molecule has 1 aliphatic rings. The molecule has 1 atom stereocenters. The van der Waals surface area contributed by atoms with Crippen LogP contribution in [-0.2, 0) is 0 Å². The van der Waals surface area contributed by atoms with E-state index in [1.165, 1.54) is 35.1 Å². The molecule has 1 aromatic rings. The minimum atomic E-state index is 0.639. The van der Waals surface area contributed by atoms with Gasteiger partial charge in [-0.15, -0.1) is 0 Å². The zero-order valence-electron chi connectivity index (χ0n) is 8.80. The molecule has 2 nitrogen and oxygen atoms in total. The Morgan fingerprint density at radius 1 is 1.13 bits per heavy atom. The molecule has 1 aromatic carbocycles. The van der Waals surface area contributed by atoms with Crippen molar-refractivity contribution in [3.05, 3.63) is 27.8 Å². The highest BCUT2D eigenvalue weighted by Gasteiger charge is 2.10. The minimum Gasteiger partial charge on any atom is -0.382 e. The largest absolute Gasteiger partial charge is 0.382 e. The van der Waals surface area contributed by atoms with Crippen LogP contribution in [-0.4, -0.2) is 19.1 Å². The van der Waals surface area contributed by atoms with Gasteiger partial charge in [0.1, 0.15) is 0 Å². The summed E-state index contributed by atoms with van der Waals surface area (Å²) in [5, 5.41) is 7.04. The second-order valence-electron chi connectivity index (χ2n) is 4.03. The van der Waals surface area contributed by atoms with Gasteiger partial charge in [0.2, 0.25) is 0 Å². The summed E-state index contributed by atoms with van der Waals surface area (Å²) in [5.41, 5.74) is 1.25. The smallest absolute Gasteiger partial charge is 0.0343 e. The number of benzene rings is 1. The molecule has 0 bridgehead atoms. The Bertz CT molecular complexity index is 289. The molecular weight excluding hydrogens is 299 g/mol. The fourth-order valence-corrected chi connectivity index (χ4v) is 2.30. The maximum absolute atomic E-state index is 3.60. The van der Waals surface area contributed by atoms with E-state index in [0.29, 0.717) is 6.04 Å². The summed E-state index contributed by atoms with van der Waals surface area (Å²) >= 11 is 2.34. The Hall–Kier alpha value is -0.290. The van der Waals surface area contributed by atoms with Crippen LogP contribution in [0.2, 0.25) is 0 Å². The summed E-state index contributed by atoms with van der Waals surface area (Å²) < 4.78 is 1.29. The molecule has 15 heavy (non-hydrogen) atoms. The van der Waals surface area contributed by atoms with Crippen LogP contribution in [0.25, 0.3) is 0 Å². The fraction of sp³-hybridized carbons (Fsp3) is 0.500. The summed E-state index contributed by atoms with van der Waals surface area (Å²) in [6, 6.07) is 9.27. The van der Waals surface area contributed by atoms with E-state index in [-0.39, 0.29) is 0 Å². The maximum Gasteiger partial charge on any atom is 0.0343 e. The summed E-state index contributed by atoms with van der Waals surface area (Å²) in [5.74, 6) is 0. The van der Waals surface area contributed by atoms with Crippen molar-refractivity contribution in [3.63, 3.8) is 0 Å². The summed E-state index contributed by atoms with van der Waals surface area (Å²) in [7, 11) is 0. The molecule has 1 saturated heterocycles. The van der Waals surface area contributed by atoms with Crippen molar-refractivity contribution in [1.82, 2.24) is 5.32 Å². The molecule has 0 amide bonds. The number of halogens is 1. The Kier molecular flexibility index (Phi) is 4.26. The first-order valence-corrected chi connectivity index (χ1v) is 6.65. The Morgan fingerprint density at radius 2 is 1.93 bits per heavy atom. The number of rotatable bonds is 2. The van der Waals surface area contributed by atoms with Gasteiger partial charge in [0.15, 0.2) is 0 Å². The average Bonchev–Trinajstić information content (AvgIpc) is 2.50. The van der Waals surface area contributed by atoms with E-state index < -0.39 is 0 Å². The van der Waals surface area contributed by atoms with Gasteiger partial charge in [-0.3, -0.25) is 0 Å². The lowest BCUT2D eigenvalue weighted by Gasteiger charge is -2.17. The summed E-state index contributed by atoms with van der Waals surface area (Å²) in [6.45, 7) is 2.31. The fourth-order valence-electron chi connectivity index (χ4n) is 1.95. The van der Waals surface area contributed by atoms with Gasteiger partial charge < -0.3 is 10.6 Å². The molecule has 1 unspecified atom stereocenters. The van der Waals surface area contributed by atoms with E-state index >= 15 is 0 Å². The van der Waals surface area contributed by atoms with Crippen LogP contribution in [0.3, 0.4) is 0 Å². The molecule has 3 heteroatoms. The normalized spacial score (nSPS) is 22.1. The van der Waals surface area contributed by atoms with Crippen LogP contribution >= 0.6 is 22.6 Å². The van der Waals surface area contributed by atoms with Crippen molar-refractivity contribution >= 4 is 28.3 Å². The maximum atomic E-state index is 3.60. The highest BCUT2D eigenvalue weighted by molar-refractivity contribution is 14.1. The van der Waals surface area contributed by atoms with E-state index in [0.717, 1.165) is 6.54 Å². The topological polar surface area (TPSA) is 24.1 Å². The molecule has 0 radical (unpaired) electrons. The molecule has 1 aliphatic heterocycles. The van der Waals surface area contributed by atoms with Crippen molar-refractivity contribution in [1.29, 1.82) is 0 Å². The second-order valence-corrected chi connectivity index (χ2v) is 5.27. The average molecular weight is 316 g/mol. The van der Waals surface area contributed by atoms with Crippen LogP contribution in [0.4, 0.5) is 5.69 Å². The third-order valence-electron chi connectivity index (χ3n) is 2.79. The lowest BCUT2D eigenvalue weighted by molar-refractivity contribution is 0.637. The molecule has 0 aliphatic carbocycles. The van der Waals surface area contributed by atoms with Crippen molar-refractivity contribution in [2.45, 2.75) is 25.3 Å². The SMILES string of the molecule is Ic1ccc(NC2CCCNCC2)cc1. The number of anilines is 1. The highest BCUT2D eigenvalue weighted by Crippen LogP contribution is 2.15. The predicted molar refractivity (Wildman–Crippen MR) is 73.3 cm³/mol. The van der Waals surface area contributed by atoms with E-state index in [9.17, 15) is 0 Å². The van der Waals surface area contributed by atoms with Crippen molar-refractivity contribution < 1.29 is 0 Å². The Morgan fingerprint density at radius 3 is 2.73 bits per heavy atom. The molecule has 0 aromatic heterocycles. The third-order valence-corrected chi connectivity index (χ3v) is 3.51. The van der Waals surface area contributed by atoms with E-state index in [4.69, 9.17) is 0 Å². The molecule has 0 saturated carbocycles. The number of nitrogens with one attached hydrogen (secondary N) is 2. The van der Waals surface area contributed by atoms with Gasteiger partial charge in [-0.25, -0.2) is 0 Å². The van der Waals surface area contributed by atoms with Gasteiger partial charge in [-0.1, -0.05) is 0 Å². The van der Waals surface area contributed by atoms with Gasteiger partial charge in [0.05, 0.1) is 0 Å². The summed E-state index contributed by atoms with van der Waals surface area (Å²) in [4.78, 5) is 0. The molecule has 1 fully saturated rings. The van der Waals surface area contributed by atoms with Gasteiger partial charge in [0, 0.05) is 15.3 Å². The minimum absolute atomic E-state index is 0.639. The second kappa shape index (κ2) is 5.70. The Balaban J connectivity index is 1.92.